The van der Waals surface area contributed by atoms with E-state index in [9.17, 15) is 9.59 Å². The van der Waals surface area contributed by atoms with Crippen LogP contribution in [0.2, 0.25) is 0 Å². The van der Waals surface area contributed by atoms with Gasteiger partial charge >= 0.3 is 5.97 Å². The second-order valence-corrected chi connectivity index (χ2v) is 5.27. The SMILES string of the molecule is NC(=O)C(Br)CC1CCC(C(=O)O)CC1. The van der Waals surface area contributed by atoms with Gasteiger partial charge in [0, 0.05) is 0 Å². The van der Waals surface area contributed by atoms with Gasteiger partial charge in [0.25, 0.3) is 0 Å². The molecule has 0 aromatic heterocycles. The molecule has 0 saturated heterocycles. The first-order valence-electron chi connectivity index (χ1n) is 5.17. The average Bonchev–Trinajstić information content (AvgIpc) is 2.18. The molecule has 86 valence electrons. The molecule has 1 fully saturated rings. The number of aliphatic carboxylic acids is 1. The number of hydrogen-bond donors (Lipinski definition) is 2. The van der Waals surface area contributed by atoms with Crippen LogP contribution in [0.25, 0.3) is 0 Å². The summed E-state index contributed by atoms with van der Waals surface area (Å²) in [5.74, 6) is -0.796. The molecule has 0 aromatic carbocycles. The molecule has 0 aromatic rings. The molecule has 1 aliphatic carbocycles. The average molecular weight is 278 g/mol. The van der Waals surface area contributed by atoms with Gasteiger partial charge in [-0.25, -0.2) is 0 Å². The van der Waals surface area contributed by atoms with Gasteiger partial charge in [-0.05, 0) is 38.0 Å². The highest BCUT2D eigenvalue weighted by Crippen LogP contribution is 2.32. The van der Waals surface area contributed by atoms with Gasteiger partial charge in [-0.3, -0.25) is 9.59 Å². The number of alkyl halides is 1. The van der Waals surface area contributed by atoms with E-state index in [4.69, 9.17) is 10.8 Å². The highest BCUT2D eigenvalue weighted by molar-refractivity contribution is 9.10. The Morgan fingerprint density at radius 3 is 2.27 bits per heavy atom. The summed E-state index contributed by atoms with van der Waals surface area (Å²) in [7, 11) is 0. The van der Waals surface area contributed by atoms with Crippen LogP contribution in [0.15, 0.2) is 0 Å². The van der Waals surface area contributed by atoms with Crippen molar-refractivity contribution >= 4 is 27.8 Å². The van der Waals surface area contributed by atoms with E-state index in [1.165, 1.54) is 0 Å². The Morgan fingerprint density at radius 1 is 1.33 bits per heavy atom. The van der Waals surface area contributed by atoms with Crippen LogP contribution < -0.4 is 5.73 Å². The normalized spacial score (nSPS) is 28.3. The van der Waals surface area contributed by atoms with E-state index in [1.807, 2.05) is 0 Å². The number of carboxylic acid groups (broad SMARTS) is 1. The Morgan fingerprint density at radius 2 is 1.87 bits per heavy atom. The van der Waals surface area contributed by atoms with Crippen LogP contribution in [-0.4, -0.2) is 21.8 Å². The van der Waals surface area contributed by atoms with Gasteiger partial charge in [0.2, 0.25) is 5.91 Å². The highest BCUT2D eigenvalue weighted by atomic mass is 79.9. The fourth-order valence-electron chi connectivity index (χ4n) is 2.05. The Hall–Kier alpha value is -0.580. The summed E-state index contributed by atoms with van der Waals surface area (Å²) < 4.78 is 0. The zero-order valence-corrected chi connectivity index (χ0v) is 10.1. The standard InChI is InChI=1S/C10H16BrNO3/c11-8(9(12)13)5-6-1-3-7(4-2-6)10(14)15/h6-8H,1-5H2,(H2,12,13)(H,14,15). The van der Waals surface area contributed by atoms with Crippen molar-refractivity contribution in [2.75, 3.05) is 0 Å². The topological polar surface area (TPSA) is 80.4 Å². The number of nitrogens with two attached hydrogens (primary N) is 1. The summed E-state index contributed by atoms with van der Waals surface area (Å²) in [6, 6.07) is 0. The Bertz CT molecular complexity index is 249. The Kier molecular flexibility index (Phi) is 4.57. The third kappa shape index (κ3) is 3.81. The molecule has 1 amide bonds. The number of rotatable bonds is 4. The van der Waals surface area contributed by atoms with Crippen LogP contribution in [-0.2, 0) is 9.59 Å². The molecule has 1 atom stereocenters. The molecular weight excluding hydrogens is 262 g/mol. The van der Waals surface area contributed by atoms with E-state index in [-0.39, 0.29) is 16.7 Å². The fraction of sp³-hybridized carbons (Fsp3) is 0.800. The van der Waals surface area contributed by atoms with Crippen molar-refractivity contribution in [2.45, 2.75) is 36.9 Å². The molecule has 0 aliphatic heterocycles. The minimum atomic E-state index is -0.696. The number of primary amides is 1. The summed E-state index contributed by atoms with van der Waals surface area (Å²) in [5.41, 5.74) is 5.15. The minimum Gasteiger partial charge on any atom is -0.481 e. The quantitative estimate of drug-likeness (QED) is 0.765. The van der Waals surface area contributed by atoms with Crippen LogP contribution in [0.3, 0.4) is 0 Å². The molecule has 1 rings (SSSR count). The van der Waals surface area contributed by atoms with Gasteiger partial charge in [0.1, 0.15) is 0 Å². The summed E-state index contributed by atoms with van der Waals surface area (Å²) in [5, 5.41) is 8.81. The summed E-state index contributed by atoms with van der Waals surface area (Å²) in [6.07, 6.45) is 3.93. The van der Waals surface area contributed by atoms with E-state index >= 15 is 0 Å². The van der Waals surface area contributed by atoms with Gasteiger partial charge in [-0.1, -0.05) is 15.9 Å². The van der Waals surface area contributed by atoms with E-state index in [0.29, 0.717) is 5.92 Å². The first-order chi connectivity index (χ1) is 7.00. The predicted molar refractivity (Wildman–Crippen MR) is 59.6 cm³/mol. The molecule has 5 heteroatoms. The molecule has 1 aliphatic rings. The molecule has 1 unspecified atom stereocenters. The molecule has 0 spiro atoms. The summed E-state index contributed by atoms with van der Waals surface area (Å²) >= 11 is 3.23. The monoisotopic (exact) mass is 277 g/mol. The first-order valence-corrected chi connectivity index (χ1v) is 6.08. The maximum Gasteiger partial charge on any atom is 0.306 e. The first kappa shape index (κ1) is 12.5. The fourth-order valence-corrected chi connectivity index (χ4v) is 2.58. The smallest absolute Gasteiger partial charge is 0.306 e. The second kappa shape index (κ2) is 5.49. The van der Waals surface area contributed by atoms with Crippen molar-refractivity contribution in [3.8, 4) is 0 Å². The lowest BCUT2D eigenvalue weighted by Gasteiger charge is -2.26. The van der Waals surface area contributed by atoms with Gasteiger partial charge in [0.15, 0.2) is 0 Å². The molecule has 3 N–H and O–H groups in total. The van der Waals surface area contributed by atoms with Crippen LogP contribution >= 0.6 is 15.9 Å². The number of halogens is 1. The maximum absolute atomic E-state index is 10.8. The van der Waals surface area contributed by atoms with E-state index < -0.39 is 5.97 Å². The number of carbonyl (C=O) groups excluding carboxylic acids is 1. The van der Waals surface area contributed by atoms with Crippen molar-refractivity contribution in [3.05, 3.63) is 0 Å². The van der Waals surface area contributed by atoms with Crippen LogP contribution in [0.4, 0.5) is 0 Å². The molecule has 0 heterocycles. The van der Waals surface area contributed by atoms with E-state index in [1.54, 1.807) is 0 Å². The van der Waals surface area contributed by atoms with Gasteiger partial charge in [0.05, 0.1) is 10.7 Å². The van der Waals surface area contributed by atoms with Crippen LogP contribution in [0, 0.1) is 11.8 Å². The van der Waals surface area contributed by atoms with Gasteiger partial charge in [-0.2, -0.15) is 0 Å². The third-order valence-electron chi connectivity index (χ3n) is 3.04. The van der Waals surface area contributed by atoms with Crippen LogP contribution in [0.1, 0.15) is 32.1 Å². The maximum atomic E-state index is 10.8. The lowest BCUT2D eigenvalue weighted by Crippen LogP contribution is -2.28. The summed E-state index contributed by atoms with van der Waals surface area (Å²) in [6.45, 7) is 0. The lowest BCUT2D eigenvalue weighted by molar-refractivity contribution is -0.143. The second-order valence-electron chi connectivity index (χ2n) is 4.16. The van der Waals surface area contributed by atoms with E-state index in [0.717, 1.165) is 32.1 Å². The molecule has 15 heavy (non-hydrogen) atoms. The van der Waals surface area contributed by atoms with Crippen molar-refractivity contribution < 1.29 is 14.7 Å². The van der Waals surface area contributed by atoms with Gasteiger partial charge < -0.3 is 10.8 Å². The third-order valence-corrected chi connectivity index (χ3v) is 3.87. The zero-order chi connectivity index (χ0) is 11.4. The van der Waals surface area contributed by atoms with Crippen molar-refractivity contribution in [1.29, 1.82) is 0 Å². The molecule has 0 bridgehead atoms. The summed E-state index contributed by atoms with van der Waals surface area (Å²) in [4.78, 5) is 21.3. The number of amides is 1. The minimum absolute atomic E-state index is 0.191. The largest absolute Gasteiger partial charge is 0.481 e. The van der Waals surface area contributed by atoms with Crippen molar-refractivity contribution in [3.63, 3.8) is 0 Å². The molecule has 0 radical (unpaired) electrons. The predicted octanol–water partition coefficient (Wildman–Crippen LogP) is 1.52. The van der Waals surface area contributed by atoms with Crippen molar-refractivity contribution in [2.24, 2.45) is 17.6 Å². The lowest BCUT2D eigenvalue weighted by atomic mass is 9.80. The van der Waals surface area contributed by atoms with Gasteiger partial charge in [-0.15, -0.1) is 0 Å². The van der Waals surface area contributed by atoms with Crippen molar-refractivity contribution in [1.82, 2.24) is 0 Å². The van der Waals surface area contributed by atoms with Crippen LogP contribution in [0.5, 0.6) is 0 Å². The van der Waals surface area contributed by atoms with E-state index in [2.05, 4.69) is 15.9 Å². The Labute approximate surface area is 97.3 Å². The number of carbonyl (C=O) groups is 2. The Balaban J connectivity index is 2.31. The highest BCUT2D eigenvalue weighted by Gasteiger charge is 2.27. The molecule has 1 saturated carbocycles. The number of carboxylic acids is 1. The number of hydrogen-bond acceptors (Lipinski definition) is 2. The zero-order valence-electron chi connectivity index (χ0n) is 8.49. The molecule has 4 nitrogen and oxygen atoms in total. The molecular formula is C10H16BrNO3.